The van der Waals surface area contributed by atoms with Gasteiger partial charge in [-0.1, -0.05) is 18.2 Å². The van der Waals surface area contributed by atoms with Gasteiger partial charge in [-0.25, -0.2) is 14.4 Å². The van der Waals surface area contributed by atoms with E-state index in [1.165, 1.54) is 12.4 Å². The van der Waals surface area contributed by atoms with Gasteiger partial charge in [-0.3, -0.25) is 10.2 Å². The topological polar surface area (TPSA) is 130 Å². The molecule has 2 heterocycles. The average Bonchev–Trinajstić information content (AvgIpc) is 2.76. The van der Waals surface area contributed by atoms with Crippen molar-refractivity contribution in [1.82, 2.24) is 14.5 Å². The van der Waals surface area contributed by atoms with E-state index in [2.05, 4.69) is 15.3 Å². The second-order valence-electron chi connectivity index (χ2n) is 8.35. The van der Waals surface area contributed by atoms with Crippen molar-refractivity contribution >= 4 is 28.1 Å². The molecule has 9 heteroatoms. The Bertz CT molecular complexity index is 1460. The molecule has 2 aromatic carbocycles. The molecule has 0 aliphatic heterocycles. The fourth-order valence-electron chi connectivity index (χ4n) is 4.12. The number of fused-ring (bicyclic) bond motifs is 1. The second kappa shape index (κ2) is 8.93. The molecule has 2 aromatic heterocycles. The zero-order valence-electron chi connectivity index (χ0n) is 19.1. The van der Waals surface area contributed by atoms with Crippen LogP contribution in [0.15, 0.2) is 53.6 Å². The number of halogens is 1. The number of anilines is 2. The van der Waals surface area contributed by atoms with Crippen LogP contribution in [0.4, 0.5) is 16.0 Å². The number of phenolic OH excluding ortho intramolecular Hbond substituents is 1. The molecule has 0 radical (unpaired) electrons. The van der Waals surface area contributed by atoms with E-state index in [0.29, 0.717) is 5.39 Å². The monoisotopic (exact) mass is 460 g/mol. The molecule has 0 spiro atoms. The molecular formula is C25H25FN6O2. The van der Waals surface area contributed by atoms with E-state index in [0.717, 1.165) is 28.8 Å². The summed E-state index contributed by atoms with van der Waals surface area (Å²) in [6, 6.07) is 10.9. The third-order valence-electron chi connectivity index (χ3n) is 5.62. The van der Waals surface area contributed by atoms with Gasteiger partial charge in [0, 0.05) is 23.4 Å². The van der Waals surface area contributed by atoms with Crippen LogP contribution in [0.25, 0.3) is 10.8 Å². The van der Waals surface area contributed by atoms with Gasteiger partial charge in [0.25, 0.3) is 5.56 Å². The van der Waals surface area contributed by atoms with E-state index in [1.54, 1.807) is 4.57 Å². The minimum absolute atomic E-state index is 0.0293. The zero-order valence-corrected chi connectivity index (χ0v) is 19.1. The van der Waals surface area contributed by atoms with Crippen LogP contribution < -0.4 is 16.6 Å². The summed E-state index contributed by atoms with van der Waals surface area (Å²) in [6.07, 6.45) is 1.26. The Morgan fingerprint density at radius 3 is 2.71 bits per heavy atom. The van der Waals surface area contributed by atoms with E-state index in [1.807, 2.05) is 45.0 Å². The molecule has 0 amide bonds. The fourth-order valence-corrected chi connectivity index (χ4v) is 4.12. The van der Waals surface area contributed by atoms with E-state index in [9.17, 15) is 14.3 Å². The molecule has 0 saturated heterocycles. The van der Waals surface area contributed by atoms with Crippen LogP contribution in [0, 0.1) is 18.2 Å². The first kappa shape index (κ1) is 22.9. The highest BCUT2D eigenvalue weighted by Crippen LogP contribution is 2.25. The number of benzene rings is 2. The third-order valence-corrected chi connectivity index (χ3v) is 5.62. The van der Waals surface area contributed by atoms with Gasteiger partial charge in [-0.15, -0.1) is 0 Å². The average molecular weight is 461 g/mol. The van der Waals surface area contributed by atoms with Crippen molar-refractivity contribution in [3.05, 3.63) is 87.3 Å². The summed E-state index contributed by atoms with van der Waals surface area (Å²) in [5.41, 5.74) is 7.77. The molecule has 5 N–H and O–H groups in total. The number of pyridine rings is 1. The predicted molar refractivity (Wildman–Crippen MR) is 131 cm³/mol. The maximum absolute atomic E-state index is 13.8. The summed E-state index contributed by atoms with van der Waals surface area (Å²) in [4.78, 5) is 21.5. The van der Waals surface area contributed by atoms with Crippen LogP contribution in [0.3, 0.4) is 0 Å². The summed E-state index contributed by atoms with van der Waals surface area (Å²) >= 11 is 0. The Labute approximate surface area is 195 Å². The highest BCUT2D eigenvalue weighted by atomic mass is 19.1. The van der Waals surface area contributed by atoms with E-state index in [4.69, 9.17) is 11.1 Å². The molecule has 4 rings (SSSR count). The van der Waals surface area contributed by atoms with Crippen molar-refractivity contribution in [2.24, 2.45) is 0 Å². The Kier molecular flexibility index (Phi) is 6.02. The summed E-state index contributed by atoms with van der Waals surface area (Å²) in [6.45, 7) is 6.02. The smallest absolute Gasteiger partial charge is 0.259 e. The molecule has 0 atom stereocenters. The summed E-state index contributed by atoms with van der Waals surface area (Å²) in [5.74, 6) is -0.704. The number of rotatable bonds is 6. The largest absolute Gasteiger partial charge is 0.508 e. The molecule has 0 aliphatic carbocycles. The third kappa shape index (κ3) is 4.19. The lowest BCUT2D eigenvalue weighted by atomic mass is 10.0. The summed E-state index contributed by atoms with van der Waals surface area (Å²) < 4.78 is 15.5. The molecule has 0 saturated carbocycles. The number of nitrogens with zero attached hydrogens (tertiary/aromatic N) is 3. The summed E-state index contributed by atoms with van der Waals surface area (Å²) in [5, 5.41) is 23.0. The normalized spacial score (nSPS) is 11.2. The minimum atomic E-state index is -0.683. The number of nitrogens with one attached hydrogen (secondary N) is 2. The molecule has 4 aromatic rings. The van der Waals surface area contributed by atoms with Crippen molar-refractivity contribution in [3.8, 4) is 5.75 Å². The maximum atomic E-state index is 13.8. The van der Waals surface area contributed by atoms with Gasteiger partial charge in [0.1, 0.15) is 29.5 Å². The molecule has 174 valence electrons. The Morgan fingerprint density at radius 1 is 1.24 bits per heavy atom. The van der Waals surface area contributed by atoms with Crippen LogP contribution in [-0.4, -0.2) is 25.4 Å². The maximum Gasteiger partial charge on any atom is 0.259 e. The van der Waals surface area contributed by atoms with Gasteiger partial charge < -0.3 is 20.7 Å². The standard InChI is InChI=1S/C25H25FN6O2/c1-13(2)32-18(8-15-6-4-5-14(3)20(15)25(32)34)11-29-24-21(23(28)30-12-31-24)22(27)16-7-17(26)10-19(33)9-16/h4-10,12-13,27,33H,11H2,1-3H3,(H3,28,29,30,31). The van der Waals surface area contributed by atoms with Crippen molar-refractivity contribution in [3.63, 3.8) is 0 Å². The Morgan fingerprint density at radius 2 is 2.00 bits per heavy atom. The first-order valence-electron chi connectivity index (χ1n) is 10.7. The van der Waals surface area contributed by atoms with Gasteiger partial charge in [0.2, 0.25) is 0 Å². The highest BCUT2D eigenvalue weighted by molar-refractivity contribution is 6.16. The number of aromatic nitrogens is 3. The number of aryl methyl sites for hydroxylation is 1. The molecule has 0 aliphatic rings. The number of phenols is 1. The van der Waals surface area contributed by atoms with Crippen LogP contribution in [0.1, 0.15) is 42.3 Å². The van der Waals surface area contributed by atoms with Gasteiger partial charge in [-0.2, -0.15) is 0 Å². The van der Waals surface area contributed by atoms with Crippen molar-refractivity contribution < 1.29 is 9.50 Å². The number of nitrogens with two attached hydrogens (primary N) is 1. The minimum Gasteiger partial charge on any atom is -0.508 e. The quantitative estimate of drug-likeness (QED) is 0.320. The number of hydrogen-bond acceptors (Lipinski definition) is 7. The molecule has 0 bridgehead atoms. The Hall–Kier alpha value is -4.27. The number of aromatic hydroxyl groups is 1. The first-order valence-corrected chi connectivity index (χ1v) is 10.7. The van der Waals surface area contributed by atoms with Crippen LogP contribution >= 0.6 is 0 Å². The lowest BCUT2D eigenvalue weighted by Gasteiger charge is -2.20. The highest BCUT2D eigenvalue weighted by Gasteiger charge is 2.19. The molecule has 34 heavy (non-hydrogen) atoms. The fraction of sp³-hybridized carbons (Fsp3) is 0.200. The van der Waals surface area contributed by atoms with Crippen molar-refractivity contribution in [1.29, 1.82) is 5.41 Å². The van der Waals surface area contributed by atoms with Crippen LogP contribution in [0.5, 0.6) is 5.75 Å². The zero-order chi connectivity index (χ0) is 24.6. The lowest BCUT2D eigenvalue weighted by molar-refractivity contribution is 0.469. The Balaban J connectivity index is 1.76. The van der Waals surface area contributed by atoms with Crippen molar-refractivity contribution in [2.45, 2.75) is 33.4 Å². The predicted octanol–water partition coefficient (Wildman–Crippen LogP) is 4.14. The van der Waals surface area contributed by atoms with Gasteiger partial charge in [0.05, 0.1) is 23.2 Å². The molecular weight excluding hydrogens is 435 g/mol. The second-order valence-corrected chi connectivity index (χ2v) is 8.35. The van der Waals surface area contributed by atoms with Gasteiger partial charge >= 0.3 is 0 Å². The lowest BCUT2D eigenvalue weighted by Crippen LogP contribution is -2.27. The first-order chi connectivity index (χ1) is 16.2. The number of nitrogen functional groups attached to an aromatic ring is 1. The van der Waals surface area contributed by atoms with E-state index in [-0.39, 0.29) is 52.4 Å². The van der Waals surface area contributed by atoms with E-state index >= 15 is 0 Å². The SMILES string of the molecule is Cc1cccc2cc(CNc3ncnc(N)c3C(=N)c3cc(O)cc(F)c3)n(C(C)C)c(=O)c12. The number of hydrogen-bond donors (Lipinski definition) is 4. The van der Waals surface area contributed by atoms with Gasteiger partial charge in [0.15, 0.2) is 0 Å². The summed E-state index contributed by atoms with van der Waals surface area (Å²) in [7, 11) is 0. The van der Waals surface area contributed by atoms with Gasteiger partial charge in [-0.05, 0) is 49.9 Å². The van der Waals surface area contributed by atoms with E-state index < -0.39 is 5.82 Å². The van der Waals surface area contributed by atoms with Crippen molar-refractivity contribution in [2.75, 3.05) is 11.1 Å². The molecule has 8 nitrogen and oxygen atoms in total. The van der Waals surface area contributed by atoms with Crippen LogP contribution in [-0.2, 0) is 6.54 Å². The molecule has 0 unspecified atom stereocenters. The molecule has 0 fully saturated rings. The van der Waals surface area contributed by atoms with Crippen LogP contribution in [0.2, 0.25) is 0 Å².